The molecule has 0 saturated heterocycles. The van der Waals surface area contributed by atoms with Crippen molar-refractivity contribution in [1.29, 1.82) is 0 Å². The maximum absolute atomic E-state index is 4.99. The Bertz CT molecular complexity index is 2660. The van der Waals surface area contributed by atoms with Crippen LogP contribution in [-0.4, -0.2) is 24.9 Å². The Kier molecular flexibility index (Phi) is 8.01. The Labute approximate surface area is 302 Å². The van der Waals surface area contributed by atoms with Crippen LogP contribution in [0.3, 0.4) is 0 Å². The van der Waals surface area contributed by atoms with Gasteiger partial charge in [0.1, 0.15) is 0 Å². The molecule has 0 spiro atoms. The molecule has 0 unspecified atom stereocenters. The van der Waals surface area contributed by atoms with Crippen molar-refractivity contribution in [2.75, 3.05) is 0 Å². The molecule has 5 heteroatoms. The third-order valence-corrected chi connectivity index (χ3v) is 9.07. The first-order chi connectivity index (χ1) is 25.7. The Balaban J connectivity index is 1.06. The number of rotatable bonds is 7. The highest BCUT2D eigenvalue weighted by Gasteiger charge is 2.14. The van der Waals surface area contributed by atoms with Gasteiger partial charge in [-0.2, -0.15) is 0 Å². The fraction of sp³-hybridized carbons (Fsp3) is 0. The second kappa shape index (κ2) is 13.5. The van der Waals surface area contributed by atoms with Gasteiger partial charge in [-0.15, -0.1) is 0 Å². The molecule has 3 aromatic heterocycles. The van der Waals surface area contributed by atoms with E-state index in [9.17, 15) is 0 Å². The average Bonchev–Trinajstić information content (AvgIpc) is 3.24. The number of pyridine rings is 2. The second-order valence-corrected chi connectivity index (χ2v) is 12.4. The van der Waals surface area contributed by atoms with E-state index in [2.05, 4.69) is 96.0 Å². The summed E-state index contributed by atoms with van der Waals surface area (Å²) in [6, 6.07) is 61.8. The lowest BCUT2D eigenvalue weighted by Gasteiger charge is -2.11. The molecule has 0 radical (unpaired) electrons. The number of hydrogen-bond acceptors (Lipinski definition) is 5. The van der Waals surface area contributed by atoms with Gasteiger partial charge in [-0.05, 0) is 53.1 Å². The number of aromatic nitrogens is 5. The molecule has 52 heavy (non-hydrogen) atoms. The van der Waals surface area contributed by atoms with E-state index in [0.29, 0.717) is 17.5 Å². The Morgan fingerprint density at radius 2 is 1.04 bits per heavy atom. The highest BCUT2D eigenvalue weighted by Crippen LogP contribution is 2.33. The molecule has 0 amide bonds. The summed E-state index contributed by atoms with van der Waals surface area (Å²) in [5.41, 5.74) is 11.9. The fourth-order valence-corrected chi connectivity index (χ4v) is 6.42. The minimum atomic E-state index is 0.601. The summed E-state index contributed by atoms with van der Waals surface area (Å²) in [5.74, 6) is 1.82. The van der Waals surface area contributed by atoms with Gasteiger partial charge >= 0.3 is 0 Å². The number of para-hydroxylation sites is 1. The normalized spacial score (nSPS) is 10.9. The van der Waals surface area contributed by atoms with Crippen molar-refractivity contribution in [2.45, 2.75) is 0 Å². The van der Waals surface area contributed by atoms with Crippen LogP contribution in [0.25, 0.3) is 89.7 Å². The summed E-state index contributed by atoms with van der Waals surface area (Å²) < 4.78 is 0. The predicted molar refractivity (Wildman–Crippen MR) is 209 cm³/mol. The molecule has 0 atom stereocenters. The molecule has 0 N–H and O–H groups in total. The zero-order valence-corrected chi connectivity index (χ0v) is 28.0. The van der Waals surface area contributed by atoms with Crippen molar-refractivity contribution in [3.05, 3.63) is 188 Å². The van der Waals surface area contributed by atoms with Gasteiger partial charge < -0.3 is 0 Å². The first-order valence-corrected chi connectivity index (χ1v) is 17.1. The van der Waals surface area contributed by atoms with E-state index in [1.807, 2.05) is 91.1 Å². The quantitative estimate of drug-likeness (QED) is 0.170. The standard InChI is InChI=1S/C47H29N5/c1-3-12-32(13-4-1)36-16-9-17-37(28-36)41-30-39-19-11-21-42(44(39)49-31-41)33-23-25-35(26-24-33)46-50-45(34-14-5-2-6-15-34)51-47(52-46)40-20-10-18-38(29-40)43-22-7-8-27-48-43/h1-8,10-15,17-31H. The third-order valence-electron chi connectivity index (χ3n) is 9.07. The smallest absolute Gasteiger partial charge is 0.164 e. The lowest BCUT2D eigenvalue weighted by molar-refractivity contribution is 1.07. The van der Waals surface area contributed by atoms with Crippen LogP contribution in [0.5, 0.6) is 0 Å². The SMILES string of the molecule is c1cc(-c2cnc3c(-c4ccc(-c5nc(-c6ccccc6)nc(-c6cccc(-c7ccccn7)c6)n5)cc4)cccc3c2)cc(-c2ccccc2)c#1. The Morgan fingerprint density at radius 3 is 1.79 bits per heavy atom. The molecular weight excluding hydrogens is 635 g/mol. The summed E-state index contributed by atoms with van der Waals surface area (Å²) in [4.78, 5) is 24.4. The van der Waals surface area contributed by atoms with Gasteiger partial charge in [-0.25, -0.2) is 15.0 Å². The minimum Gasteiger partial charge on any atom is -0.256 e. The van der Waals surface area contributed by atoms with Gasteiger partial charge in [-0.1, -0.05) is 140 Å². The zero-order chi connectivity index (χ0) is 34.7. The first kappa shape index (κ1) is 30.7. The van der Waals surface area contributed by atoms with Crippen LogP contribution in [0.2, 0.25) is 0 Å². The number of benzene rings is 5. The predicted octanol–water partition coefficient (Wildman–Crippen LogP) is 11.1. The molecule has 3 heterocycles. The van der Waals surface area contributed by atoms with E-state index >= 15 is 0 Å². The van der Waals surface area contributed by atoms with Crippen LogP contribution in [0.1, 0.15) is 0 Å². The second-order valence-electron chi connectivity index (χ2n) is 12.4. The van der Waals surface area contributed by atoms with Crippen molar-refractivity contribution in [3.8, 4) is 78.8 Å². The van der Waals surface area contributed by atoms with Gasteiger partial charge in [0.25, 0.3) is 0 Å². The van der Waals surface area contributed by atoms with Gasteiger partial charge in [0.05, 0.1) is 11.2 Å². The van der Waals surface area contributed by atoms with Gasteiger partial charge in [0, 0.05) is 56.7 Å². The van der Waals surface area contributed by atoms with Crippen molar-refractivity contribution >= 4 is 10.9 Å². The third kappa shape index (κ3) is 6.17. The number of nitrogens with zero attached hydrogens (tertiary/aromatic N) is 5. The number of fused-ring (bicyclic) bond motifs is 1. The van der Waals surface area contributed by atoms with E-state index in [4.69, 9.17) is 19.9 Å². The van der Waals surface area contributed by atoms with Crippen molar-refractivity contribution < 1.29 is 0 Å². The molecule has 0 aliphatic rings. The maximum atomic E-state index is 4.99. The van der Waals surface area contributed by atoms with E-state index < -0.39 is 0 Å². The van der Waals surface area contributed by atoms with Crippen molar-refractivity contribution in [1.82, 2.24) is 24.9 Å². The van der Waals surface area contributed by atoms with Crippen LogP contribution in [0.15, 0.2) is 176 Å². The Hall–Kier alpha value is -7.29. The van der Waals surface area contributed by atoms with Crippen LogP contribution < -0.4 is 0 Å². The molecule has 0 aliphatic carbocycles. The molecule has 9 aromatic rings. The molecule has 0 bridgehead atoms. The molecule has 0 aliphatic heterocycles. The molecule has 5 nitrogen and oxygen atoms in total. The molecular formula is C47H29N5. The van der Waals surface area contributed by atoms with Crippen LogP contribution in [0.4, 0.5) is 0 Å². The molecule has 242 valence electrons. The van der Waals surface area contributed by atoms with E-state index in [-0.39, 0.29) is 0 Å². The van der Waals surface area contributed by atoms with Crippen LogP contribution in [-0.2, 0) is 0 Å². The highest BCUT2D eigenvalue weighted by molar-refractivity contribution is 5.95. The summed E-state index contributed by atoms with van der Waals surface area (Å²) in [6.45, 7) is 0. The van der Waals surface area contributed by atoms with Gasteiger partial charge in [-0.3, -0.25) is 9.97 Å². The van der Waals surface area contributed by atoms with E-state index in [0.717, 1.165) is 72.2 Å². The Morgan fingerprint density at radius 1 is 0.404 bits per heavy atom. The van der Waals surface area contributed by atoms with Crippen molar-refractivity contribution in [2.24, 2.45) is 0 Å². The molecule has 6 aromatic carbocycles. The molecule has 0 saturated carbocycles. The summed E-state index contributed by atoms with van der Waals surface area (Å²) in [6.07, 6.45) is 3.74. The zero-order valence-electron chi connectivity index (χ0n) is 28.0. The van der Waals surface area contributed by atoms with Gasteiger partial charge in [0.2, 0.25) is 0 Å². The first-order valence-electron chi connectivity index (χ1n) is 17.1. The lowest BCUT2D eigenvalue weighted by atomic mass is 9.98. The van der Waals surface area contributed by atoms with E-state index in [1.165, 1.54) is 0 Å². The van der Waals surface area contributed by atoms with Crippen molar-refractivity contribution in [3.63, 3.8) is 0 Å². The molecule has 0 fully saturated rings. The van der Waals surface area contributed by atoms with E-state index in [1.54, 1.807) is 6.20 Å². The fourth-order valence-electron chi connectivity index (χ4n) is 6.42. The largest absolute Gasteiger partial charge is 0.256 e. The van der Waals surface area contributed by atoms with Gasteiger partial charge in [0.15, 0.2) is 17.5 Å². The van der Waals surface area contributed by atoms with Crippen LogP contribution in [0, 0.1) is 12.1 Å². The highest BCUT2D eigenvalue weighted by atomic mass is 15.0. The lowest BCUT2D eigenvalue weighted by Crippen LogP contribution is -2.00. The maximum Gasteiger partial charge on any atom is 0.164 e. The topological polar surface area (TPSA) is 64.5 Å². The summed E-state index contributed by atoms with van der Waals surface area (Å²) in [7, 11) is 0. The monoisotopic (exact) mass is 663 g/mol. The summed E-state index contributed by atoms with van der Waals surface area (Å²) >= 11 is 0. The summed E-state index contributed by atoms with van der Waals surface area (Å²) in [5, 5.41) is 1.07. The number of hydrogen-bond donors (Lipinski definition) is 0. The molecule has 9 rings (SSSR count). The minimum absolute atomic E-state index is 0.601. The average molecular weight is 664 g/mol. The van der Waals surface area contributed by atoms with Crippen LogP contribution >= 0.6 is 0 Å².